The number of nitrogens with zero attached hydrogens (tertiary/aromatic N) is 5. The fraction of sp³-hybridized carbons (Fsp3) is 0.125. The number of rotatable bonds is 3. The quantitative estimate of drug-likeness (QED) is 0.526. The highest BCUT2D eigenvalue weighted by Crippen LogP contribution is 2.18. The summed E-state index contributed by atoms with van der Waals surface area (Å²) in [5.41, 5.74) is 0.370. The van der Waals surface area contributed by atoms with Crippen LogP contribution in [0.4, 0.5) is 8.78 Å². The molecule has 9 heteroatoms. The molecule has 0 fully saturated rings. The summed E-state index contributed by atoms with van der Waals surface area (Å²) in [6.45, 7) is 1.99. The Bertz CT molecular complexity index is 1170. The van der Waals surface area contributed by atoms with Crippen molar-refractivity contribution in [1.29, 1.82) is 0 Å². The summed E-state index contributed by atoms with van der Waals surface area (Å²) < 4.78 is 29.3. The van der Waals surface area contributed by atoms with E-state index in [1.54, 1.807) is 6.07 Å². The molecule has 0 atom stereocenters. The highest BCUT2D eigenvalue weighted by atomic mass is 32.2. The van der Waals surface area contributed by atoms with Crippen molar-refractivity contribution in [2.75, 3.05) is 5.75 Å². The van der Waals surface area contributed by atoms with E-state index in [-0.39, 0.29) is 5.69 Å². The molecule has 6 nitrogen and oxygen atoms in total. The molecular formula is C16H11F2N5OS. The molecule has 0 spiro atoms. The lowest BCUT2D eigenvalue weighted by Gasteiger charge is -2.08. The van der Waals surface area contributed by atoms with Crippen LogP contribution in [0, 0.1) is 11.6 Å². The van der Waals surface area contributed by atoms with Gasteiger partial charge in [-0.25, -0.2) is 13.8 Å². The van der Waals surface area contributed by atoms with Crippen LogP contribution in [0.25, 0.3) is 22.4 Å². The van der Waals surface area contributed by atoms with E-state index in [0.717, 1.165) is 17.9 Å². The summed E-state index contributed by atoms with van der Waals surface area (Å²) in [4.78, 5) is 21.2. The maximum atomic E-state index is 13.5. The average molecular weight is 359 g/mol. The van der Waals surface area contributed by atoms with Gasteiger partial charge >= 0.3 is 0 Å². The molecule has 3 heterocycles. The van der Waals surface area contributed by atoms with Gasteiger partial charge in [-0.05, 0) is 24.0 Å². The first-order chi connectivity index (χ1) is 12.1. The molecule has 0 amide bonds. The summed E-state index contributed by atoms with van der Waals surface area (Å²) in [5, 5.41) is 5.23. The molecular weight excluding hydrogens is 348 g/mol. The molecule has 0 bridgehead atoms. The number of halogens is 2. The summed E-state index contributed by atoms with van der Waals surface area (Å²) in [5.74, 6) is -0.772. The fourth-order valence-electron chi connectivity index (χ4n) is 2.53. The van der Waals surface area contributed by atoms with E-state index in [1.807, 2.05) is 6.92 Å². The number of aromatic nitrogens is 5. The first-order valence-corrected chi connectivity index (χ1v) is 8.42. The monoisotopic (exact) mass is 359 g/mol. The largest absolute Gasteiger partial charge is 0.284 e. The minimum absolute atomic E-state index is 0.228. The third-order valence-corrected chi connectivity index (χ3v) is 4.39. The van der Waals surface area contributed by atoms with Crippen LogP contribution in [0.3, 0.4) is 0 Å². The van der Waals surface area contributed by atoms with Crippen molar-refractivity contribution in [3.63, 3.8) is 0 Å². The molecule has 0 saturated heterocycles. The molecule has 1 aromatic carbocycles. The van der Waals surface area contributed by atoms with Crippen LogP contribution >= 0.6 is 11.8 Å². The van der Waals surface area contributed by atoms with E-state index < -0.39 is 17.2 Å². The number of hydrogen-bond donors (Lipinski definition) is 0. The molecule has 0 aliphatic rings. The molecule has 0 N–H and O–H groups in total. The predicted molar refractivity (Wildman–Crippen MR) is 90.2 cm³/mol. The first-order valence-electron chi connectivity index (χ1n) is 7.44. The van der Waals surface area contributed by atoms with Crippen molar-refractivity contribution < 1.29 is 8.78 Å². The van der Waals surface area contributed by atoms with Crippen LogP contribution in [-0.4, -0.2) is 29.9 Å². The molecule has 3 aromatic heterocycles. The lowest BCUT2D eigenvalue weighted by molar-refractivity contribution is 0.508. The molecule has 0 saturated carbocycles. The summed E-state index contributed by atoms with van der Waals surface area (Å²) in [6.07, 6.45) is 2.91. The maximum Gasteiger partial charge on any atom is 0.266 e. The standard InChI is InChI=1S/C16H11F2N5OS/c1-2-25-16-20-15-19-8-10-13(23(15)21-16)5-6-22(14(10)24)9-3-4-11(17)12(18)7-9/h3-8H,2H2,1H3. The summed E-state index contributed by atoms with van der Waals surface area (Å²) >= 11 is 1.47. The zero-order valence-corrected chi connectivity index (χ0v) is 13.8. The van der Waals surface area contributed by atoms with E-state index in [9.17, 15) is 13.6 Å². The molecule has 0 radical (unpaired) electrons. The van der Waals surface area contributed by atoms with Gasteiger partial charge < -0.3 is 0 Å². The minimum atomic E-state index is -1.02. The third kappa shape index (κ3) is 2.56. The van der Waals surface area contributed by atoms with Crippen molar-refractivity contribution in [3.8, 4) is 5.69 Å². The zero-order valence-electron chi connectivity index (χ0n) is 13.0. The number of benzene rings is 1. The van der Waals surface area contributed by atoms with Crippen LogP contribution in [0.1, 0.15) is 6.92 Å². The molecule has 0 aliphatic carbocycles. The van der Waals surface area contributed by atoms with E-state index in [2.05, 4.69) is 15.1 Å². The van der Waals surface area contributed by atoms with E-state index >= 15 is 0 Å². The Hall–Kier alpha value is -2.81. The average Bonchev–Trinajstić information content (AvgIpc) is 3.01. The van der Waals surface area contributed by atoms with Crippen molar-refractivity contribution >= 4 is 28.4 Å². The molecule has 4 aromatic rings. The highest BCUT2D eigenvalue weighted by Gasteiger charge is 2.13. The molecule has 126 valence electrons. The van der Waals surface area contributed by atoms with Gasteiger partial charge in [-0.15, -0.1) is 5.10 Å². The smallest absolute Gasteiger partial charge is 0.266 e. The fourth-order valence-corrected chi connectivity index (χ4v) is 3.07. The number of fused-ring (bicyclic) bond motifs is 3. The minimum Gasteiger partial charge on any atom is -0.284 e. The Labute approximate surface area is 144 Å². The van der Waals surface area contributed by atoms with Crippen LogP contribution in [0.5, 0.6) is 0 Å². The van der Waals surface area contributed by atoms with E-state index in [4.69, 9.17) is 0 Å². The van der Waals surface area contributed by atoms with Crippen molar-refractivity contribution in [2.45, 2.75) is 12.1 Å². The van der Waals surface area contributed by atoms with Gasteiger partial charge in [0.2, 0.25) is 5.16 Å². The van der Waals surface area contributed by atoms with Crippen LogP contribution < -0.4 is 5.56 Å². The maximum absolute atomic E-state index is 13.5. The number of pyridine rings is 1. The second-order valence-electron chi connectivity index (χ2n) is 5.19. The van der Waals surface area contributed by atoms with Gasteiger partial charge in [0.15, 0.2) is 11.6 Å². The molecule has 25 heavy (non-hydrogen) atoms. The topological polar surface area (TPSA) is 65.1 Å². The van der Waals surface area contributed by atoms with Gasteiger partial charge in [-0.1, -0.05) is 18.7 Å². The van der Waals surface area contributed by atoms with Gasteiger partial charge in [0, 0.05) is 18.5 Å². The van der Waals surface area contributed by atoms with Gasteiger partial charge in [-0.3, -0.25) is 9.36 Å². The summed E-state index contributed by atoms with van der Waals surface area (Å²) in [7, 11) is 0. The Kier molecular flexibility index (Phi) is 3.72. The summed E-state index contributed by atoms with van der Waals surface area (Å²) in [6, 6.07) is 4.96. The molecule has 0 unspecified atom stereocenters. The predicted octanol–water partition coefficient (Wildman–Crippen LogP) is 2.82. The van der Waals surface area contributed by atoms with Gasteiger partial charge in [0.1, 0.15) is 0 Å². The lowest BCUT2D eigenvalue weighted by Crippen LogP contribution is -2.19. The van der Waals surface area contributed by atoms with Gasteiger partial charge in [0.05, 0.1) is 16.6 Å². The van der Waals surface area contributed by atoms with E-state index in [1.165, 1.54) is 39.3 Å². The van der Waals surface area contributed by atoms with Crippen LogP contribution in [0.2, 0.25) is 0 Å². The Morgan fingerprint density at radius 2 is 2.04 bits per heavy atom. The SMILES string of the molecule is CCSc1nc2ncc3c(=O)n(-c4ccc(F)c(F)c4)ccc3n2n1. The Balaban J connectivity index is 1.94. The number of thioether (sulfide) groups is 1. The van der Waals surface area contributed by atoms with Crippen LogP contribution in [-0.2, 0) is 0 Å². The number of hydrogen-bond acceptors (Lipinski definition) is 5. The second kappa shape index (κ2) is 5.92. The third-order valence-electron chi connectivity index (χ3n) is 3.67. The first kappa shape index (κ1) is 15.7. The van der Waals surface area contributed by atoms with E-state index in [0.29, 0.717) is 21.8 Å². The normalized spacial score (nSPS) is 11.5. The second-order valence-corrected chi connectivity index (χ2v) is 6.42. The Morgan fingerprint density at radius 1 is 1.20 bits per heavy atom. The van der Waals surface area contributed by atoms with Gasteiger partial charge in [0.25, 0.3) is 11.3 Å². The van der Waals surface area contributed by atoms with Gasteiger partial charge in [-0.2, -0.15) is 9.50 Å². The van der Waals surface area contributed by atoms with Crippen molar-refractivity contribution in [3.05, 3.63) is 58.6 Å². The molecule has 4 rings (SSSR count). The van der Waals surface area contributed by atoms with Crippen molar-refractivity contribution in [1.82, 2.24) is 24.1 Å². The van der Waals surface area contributed by atoms with Crippen molar-refractivity contribution in [2.24, 2.45) is 0 Å². The highest BCUT2D eigenvalue weighted by molar-refractivity contribution is 7.99. The lowest BCUT2D eigenvalue weighted by atomic mass is 10.2. The molecule has 0 aliphatic heterocycles. The van der Waals surface area contributed by atoms with Crippen LogP contribution in [0.15, 0.2) is 46.6 Å². The Morgan fingerprint density at radius 3 is 2.80 bits per heavy atom. The zero-order chi connectivity index (χ0) is 17.6.